The smallest absolute Gasteiger partial charge is 0.0745 e. The zero-order valence-corrected chi connectivity index (χ0v) is 14.8. The molecule has 1 heterocycles. The van der Waals surface area contributed by atoms with Crippen LogP contribution in [0.4, 0.5) is 0 Å². The third-order valence-electron chi connectivity index (χ3n) is 4.89. The van der Waals surface area contributed by atoms with Crippen LogP contribution in [0.25, 0.3) is 0 Å². The van der Waals surface area contributed by atoms with Crippen molar-refractivity contribution >= 4 is 8.80 Å². The molecule has 2 aromatic rings. The van der Waals surface area contributed by atoms with Crippen LogP contribution in [0.1, 0.15) is 11.1 Å². The van der Waals surface area contributed by atoms with E-state index in [9.17, 15) is 0 Å². The summed E-state index contributed by atoms with van der Waals surface area (Å²) in [5, 5.41) is 4.02. The maximum atomic E-state index is 3.92. The molecular weight excluding hydrogens is 284 g/mol. The van der Waals surface area contributed by atoms with Gasteiger partial charge in [0.2, 0.25) is 0 Å². The van der Waals surface area contributed by atoms with Gasteiger partial charge in [0.05, 0.1) is 14.0 Å². The molecule has 1 unspecified atom stereocenters. The topological polar surface area (TPSA) is 15.3 Å². The maximum Gasteiger partial charge on any atom is 0.0745 e. The van der Waals surface area contributed by atoms with Gasteiger partial charge in [-0.15, -0.1) is 0 Å². The van der Waals surface area contributed by atoms with E-state index in [-0.39, 0.29) is 5.16 Å². The lowest BCUT2D eigenvalue weighted by atomic mass is 9.97. The fourth-order valence-corrected chi connectivity index (χ4v) is 8.06. The second-order valence-corrected chi connectivity index (χ2v) is 9.96. The van der Waals surface area contributed by atoms with Crippen molar-refractivity contribution in [1.29, 1.82) is 0 Å². The first kappa shape index (κ1) is 15.5. The van der Waals surface area contributed by atoms with Crippen LogP contribution in [0.3, 0.4) is 0 Å². The van der Waals surface area contributed by atoms with Gasteiger partial charge in [-0.1, -0.05) is 60.7 Å². The average molecular weight is 311 g/mol. The van der Waals surface area contributed by atoms with Crippen LogP contribution >= 0.6 is 0 Å². The minimum Gasteiger partial charge on any atom is -0.310 e. The highest BCUT2D eigenvalue weighted by atomic mass is 28.3. The van der Waals surface area contributed by atoms with Gasteiger partial charge in [0.25, 0.3) is 0 Å². The van der Waals surface area contributed by atoms with Gasteiger partial charge in [-0.05, 0) is 50.4 Å². The first-order valence-corrected chi connectivity index (χ1v) is 10.5. The summed E-state index contributed by atoms with van der Waals surface area (Å²) in [5.74, 6) is 0. The fraction of sp³-hybridized carbons (Fsp3) is 0.368. The van der Waals surface area contributed by atoms with Crippen LogP contribution < -0.4 is 5.32 Å². The SMILES string of the molecule is CN(C)CC[SiH]1CCNC1(c1ccccc1)c1ccccc1. The molecule has 2 nitrogen and oxygen atoms in total. The third-order valence-corrected chi connectivity index (χ3v) is 8.93. The molecule has 0 radical (unpaired) electrons. The molecule has 1 fully saturated rings. The summed E-state index contributed by atoms with van der Waals surface area (Å²) in [6, 6.07) is 24.9. The number of nitrogens with zero attached hydrogens (tertiary/aromatic N) is 1. The summed E-state index contributed by atoms with van der Waals surface area (Å²) < 4.78 is 0. The van der Waals surface area contributed by atoms with Crippen molar-refractivity contribution in [2.45, 2.75) is 17.3 Å². The first-order chi connectivity index (χ1) is 10.7. The first-order valence-electron chi connectivity index (χ1n) is 8.24. The largest absolute Gasteiger partial charge is 0.310 e. The maximum absolute atomic E-state index is 3.92. The van der Waals surface area contributed by atoms with Crippen molar-refractivity contribution in [2.75, 3.05) is 27.2 Å². The van der Waals surface area contributed by atoms with Crippen molar-refractivity contribution in [3.05, 3.63) is 71.8 Å². The second-order valence-electron chi connectivity index (χ2n) is 6.54. The summed E-state index contributed by atoms with van der Waals surface area (Å²) in [6.07, 6.45) is 0. The Hall–Kier alpha value is -1.42. The van der Waals surface area contributed by atoms with E-state index in [2.05, 4.69) is 85.0 Å². The van der Waals surface area contributed by atoms with Crippen molar-refractivity contribution in [3.63, 3.8) is 0 Å². The van der Waals surface area contributed by atoms with E-state index in [4.69, 9.17) is 0 Å². The van der Waals surface area contributed by atoms with Gasteiger partial charge in [0.1, 0.15) is 0 Å². The van der Waals surface area contributed by atoms with Crippen LogP contribution in [0, 0.1) is 0 Å². The molecule has 1 aliphatic heterocycles. The molecule has 0 spiro atoms. The lowest BCUT2D eigenvalue weighted by molar-refractivity contribution is 0.430. The molecule has 3 heteroatoms. The molecule has 0 aromatic heterocycles. The van der Waals surface area contributed by atoms with Gasteiger partial charge in [-0.2, -0.15) is 0 Å². The molecular formula is C19H26N2Si. The van der Waals surface area contributed by atoms with Gasteiger partial charge < -0.3 is 10.2 Å². The van der Waals surface area contributed by atoms with Crippen LogP contribution in [-0.2, 0) is 5.16 Å². The van der Waals surface area contributed by atoms with E-state index in [1.54, 1.807) is 0 Å². The summed E-state index contributed by atoms with van der Waals surface area (Å²) >= 11 is 0. The standard InChI is InChI=1S/C19H26N2Si/c1-21(2)14-16-22-15-13-20-19(22,17-9-5-3-6-10-17)18-11-7-4-8-12-18/h3-12,20,22H,13-16H2,1-2H3. The molecule has 1 atom stereocenters. The molecule has 0 aliphatic carbocycles. The molecule has 1 N–H and O–H groups in total. The Bertz CT molecular complexity index is 543. The molecule has 22 heavy (non-hydrogen) atoms. The Balaban J connectivity index is 2.03. The number of hydrogen-bond acceptors (Lipinski definition) is 2. The van der Waals surface area contributed by atoms with Crippen molar-refractivity contribution in [1.82, 2.24) is 10.2 Å². The normalized spacial score (nSPS) is 20.4. The van der Waals surface area contributed by atoms with Gasteiger partial charge >= 0.3 is 0 Å². The van der Waals surface area contributed by atoms with Crippen LogP contribution in [0.5, 0.6) is 0 Å². The number of benzene rings is 2. The Morgan fingerprint density at radius 1 is 0.955 bits per heavy atom. The predicted molar refractivity (Wildman–Crippen MR) is 97.0 cm³/mol. The lowest BCUT2D eigenvalue weighted by Gasteiger charge is -2.37. The quantitative estimate of drug-likeness (QED) is 0.854. The van der Waals surface area contributed by atoms with Gasteiger partial charge in [-0.25, -0.2) is 0 Å². The van der Waals surface area contributed by atoms with E-state index < -0.39 is 8.80 Å². The van der Waals surface area contributed by atoms with Crippen LogP contribution in [0.15, 0.2) is 60.7 Å². The summed E-state index contributed by atoms with van der Waals surface area (Å²) in [7, 11) is 3.37. The van der Waals surface area contributed by atoms with Gasteiger partial charge in [0.15, 0.2) is 0 Å². The van der Waals surface area contributed by atoms with Crippen molar-refractivity contribution < 1.29 is 0 Å². The number of nitrogens with one attached hydrogen (secondary N) is 1. The highest BCUT2D eigenvalue weighted by molar-refractivity contribution is 6.64. The Kier molecular flexibility index (Phi) is 4.77. The molecule has 1 saturated heterocycles. The van der Waals surface area contributed by atoms with E-state index in [0.29, 0.717) is 0 Å². The van der Waals surface area contributed by atoms with E-state index >= 15 is 0 Å². The average Bonchev–Trinajstić information content (AvgIpc) is 2.99. The molecule has 116 valence electrons. The Labute approximate surface area is 135 Å². The fourth-order valence-electron chi connectivity index (χ4n) is 3.82. The predicted octanol–water partition coefficient (Wildman–Crippen LogP) is 2.86. The zero-order chi connectivity index (χ0) is 15.4. The Morgan fingerprint density at radius 3 is 2.00 bits per heavy atom. The number of rotatable bonds is 5. The number of hydrogen-bond donors (Lipinski definition) is 1. The van der Waals surface area contributed by atoms with Gasteiger partial charge in [0, 0.05) is 0 Å². The molecule has 0 amide bonds. The van der Waals surface area contributed by atoms with Crippen LogP contribution in [-0.4, -0.2) is 40.9 Å². The molecule has 1 aliphatic rings. The van der Waals surface area contributed by atoms with Gasteiger partial charge in [-0.3, -0.25) is 0 Å². The second kappa shape index (κ2) is 6.78. The van der Waals surface area contributed by atoms with E-state index in [0.717, 1.165) is 6.54 Å². The monoisotopic (exact) mass is 310 g/mol. The molecule has 2 aromatic carbocycles. The Morgan fingerprint density at radius 2 is 1.50 bits per heavy atom. The third kappa shape index (κ3) is 2.89. The van der Waals surface area contributed by atoms with E-state index in [1.165, 1.54) is 29.8 Å². The minimum absolute atomic E-state index is 0.0958. The summed E-state index contributed by atoms with van der Waals surface area (Å²) in [6.45, 7) is 2.34. The minimum atomic E-state index is -0.994. The molecule has 0 bridgehead atoms. The molecule has 3 rings (SSSR count). The van der Waals surface area contributed by atoms with Crippen molar-refractivity contribution in [2.24, 2.45) is 0 Å². The van der Waals surface area contributed by atoms with Crippen LogP contribution in [0.2, 0.25) is 12.1 Å². The summed E-state index contributed by atoms with van der Waals surface area (Å²) in [5.41, 5.74) is 2.91. The lowest BCUT2D eigenvalue weighted by Crippen LogP contribution is -2.49. The highest BCUT2D eigenvalue weighted by Crippen LogP contribution is 2.38. The van der Waals surface area contributed by atoms with E-state index in [1.807, 2.05) is 0 Å². The summed E-state index contributed by atoms with van der Waals surface area (Å²) in [4.78, 5) is 2.33. The molecule has 0 saturated carbocycles. The zero-order valence-electron chi connectivity index (χ0n) is 13.6. The highest BCUT2D eigenvalue weighted by Gasteiger charge is 2.45. The van der Waals surface area contributed by atoms with Crippen molar-refractivity contribution in [3.8, 4) is 0 Å².